The molecule has 0 radical (unpaired) electrons. The first-order chi connectivity index (χ1) is 8.19. The van der Waals surface area contributed by atoms with Gasteiger partial charge in [-0.05, 0) is 25.1 Å². The quantitative estimate of drug-likeness (QED) is 0.788. The van der Waals surface area contributed by atoms with E-state index in [1.165, 1.54) is 0 Å². The Labute approximate surface area is 102 Å². The fourth-order valence-corrected chi connectivity index (χ4v) is 1.88. The van der Waals surface area contributed by atoms with Crippen molar-refractivity contribution in [1.82, 2.24) is 9.88 Å². The number of carbonyl (C=O) groups is 1. The van der Waals surface area contributed by atoms with Crippen molar-refractivity contribution in [3.8, 4) is 0 Å². The number of carboxylic acid groups (broad SMARTS) is 1. The molecule has 0 saturated carbocycles. The van der Waals surface area contributed by atoms with Crippen LogP contribution in [0.2, 0.25) is 0 Å². The van der Waals surface area contributed by atoms with Crippen LogP contribution in [0.15, 0.2) is 24.4 Å². The molecule has 1 atom stereocenters. The van der Waals surface area contributed by atoms with Crippen LogP contribution in [0.4, 0.5) is 0 Å². The second-order valence-corrected chi connectivity index (χ2v) is 4.03. The monoisotopic (exact) mass is 236 g/mol. The van der Waals surface area contributed by atoms with Gasteiger partial charge in [-0.1, -0.05) is 26.3 Å². The van der Waals surface area contributed by atoms with Gasteiger partial charge in [-0.25, -0.2) is 0 Å². The van der Waals surface area contributed by atoms with E-state index in [0.29, 0.717) is 19.5 Å². The molecular weight excluding hydrogens is 216 g/mol. The summed E-state index contributed by atoms with van der Waals surface area (Å²) in [6, 6.07) is 5.30. The first-order valence-electron chi connectivity index (χ1n) is 6.05. The Morgan fingerprint density at radius 3 is 2.71 bits per heavy atom. The van der Waals surface area contributed by atoms with Gasteiger partial charge in [-0.3, -0.25) is 14.7 Å². The van der Waals surface area contributed by atoms with Crippen LogP contribution in [0.5, 0.6) is 0 Å². The highest BCUT2D eigenvalue weighted by Crippen LogP contribution is 2.11. The smallest absolute Gasteiger partial charge is 0.320 e. The van der Waals surface area contributed by atoms with Crippen LogP contribution in [-0.4, -0.2) is 33.5 Å². The molecule has 0 fully saturated rings. The standard InChI is InChI=1S/C13H20N2O2/c1-3-7-12(13(16)17)15(4-2)10-11-8-5-6-9-14-11/h5-6,8-9,12H,3-4,7,10H2,1-2H3,(H,16,17). The van der Waals surface area contributed by atoms with E-state index in [2.05, 4.69) is 4.98 Å². The maximum Gasteiger partial charge on any atom is 0.320 e. The van der Waals surface area contributed by atoms with E-state index in [-0.39, 0.29) is 0 Å². The number of hydrogen-bond acceptors (Lipinski definition) is 3. The second-order valence-electron chi connectivity index (χ2n) is 4.03. The zero-order valence-electron chi connectivity index (χ0n) is 10.5. The number of carboxylic acids is 1. The van der Waals surface area contributed by atoms with Crippen LogP contribution in [0.1, 0.15) is 32.4 Å². The molecule has 4 nitrogen and oxygen atoms in total. The van der Waals surface area contributed by atoms with Crippen LogP contribution < -0.4 is 0 Å². The van der Waals surface area contributed by atoms with Crippen LogP contribution in [0, 0.1) is 0 Å². The number of aromatic nitrogens is 1. The molecule has 0 aliphatic carbocycles. The van der Waals surface area contributed by atoms with Crippen molar-refractivity contribution < 1.29 is 9.90 Å². The Bertz CT molecular complexity index is 341. The molecule has 1 N–H and O–H groups in total. The van der Waals surface area contributed by atoms with E-state index in [1.54, 1.807) is 6.20 Å². The summed E-state index contributed by atoms with van der Waals surface area (Å²) < 4.78 is 0. The van der Waals surface area contributed by atoms with Gasteiger partial charge in [0.15, 0.2) is 0 Å². The maximum absolute atomic E-state index is 11.2. The number of nitrogens with zero attached hydrogens (tertiary/aromatic N) is 2. The minimum absolute atomic E-state index is 0.410. The van der Waals surface area contributed by atoms with Crippen molar-refractivity contribution >= 4 is 5.97 Å². The summed E-state index contributed by atoms with van der Waals surface area (Å²) in [5.41, 5.74) is 0.914. The fourth-order valence-electron chi connectivity index (χ4n) is 1.88. The summed E-state index contributed by atoms with van der Waals surface area (Å²) in [6.45, 7) is 5.29. The van der Waals surface area contributed by atoms with Crippen molar-refractivity contribution in [3.63, 3.8) is 0 Å². The SMILES string of the molecule is CCCC(C(=O)O)N(CC)Cc1ccccn1. The van der Waals surface area contributed by atoms with Crippen LogP contribution in [0.25, 0.3) is 0 Å². The summed E-state index contributed by atoms with van der Waals surface area (Å²) in [7, 11) is 0. The predicted molar refractivity (Wildman–Crippen MR) is 66.7 cm³/mol. The molecule has 0 aliphatic rings. The lowest BCUT2D eigenvalue weighted by Gasteiger charge is -2.26. The average molecular weight is 236 g/mol. The molecular formula is C13H20N2O2. The van der Waals surface area contributed by atoms with Crippen LogP contribution in [0.3, 0.4) is 0 Å². The lowest BCUT2D eigenvalue weighted by Crippen LogP contribution is -2.40. The third kappa shape index (κ3) is 4.15. The number of hydrogen-bond donors (Lipinski definition) is 1. The molecule has 1 rings (SSSR count). The highest BCUT2D eigenvalue weighted by molar-refractivity contribution is 5.73. The molecule has 1 aromatic rings. The third-order valence-electron chi connectivity index (χ3n) is 2.79. The lowest BCUT2D eigenvalue weighted by molar-refractivity contribution is -0.143. The van der Waals surface area contributed by atoms with Gasteiger partial charge < -0.3 is 5.11 Å². The third-order valence-corrected chi connectivity index (χ3v) is 2.79. The van der Waals surface area contributed by atoms with Gasteiger partial charge in [0.05, 0.1) is 5.69 Å². The molecule has 0 amide bonds. The number of aliphatic carboxylic acids is 1. The molecule has 1 aromatic heterocycles. The Balaban J connectivity index is 2.72. The summed E-state index contributed by atoms with van der Waals surface area (Å²) in [4.78, 5) is 17.4. The first-order valence-corrected chi connectivity index (χ1v) is 6.05. The van der Waals surface area contributed by atoms with Gasteiger partial charge in [-0.2, -0.15) is 0 Å². The number of rotatable bonds is 7. The largest absolute Gasteiger partial charge is 0.480 e. The second kappa shape index (κ2) is 7.01. The molecule has 0 aliphatic heterocycles. The Hall–Kier alpha value is -1.42. The summed E-state index contributed by atoms with van der Waals surface area (Å²) in [5, 5.41) is 9.22. The predicted octanol–water partition coefficient (Wildman–Crippen LogP) is 2.16. The van der Waals surface area contributed by atoms with Crippen LogP contribution in [-0.2, 0) is 11.3 Å². The molecule has 0 aromatic carbocycles. The van der Waals surface area contributed by atoms with Crippen molar-refractivity contribution in [2.75, 3.05) is 6.54 Å². The number of likely N-dealkylation sites (N-methyl/N-ethyl adjacent to an activating group) is 1. The number of pyridine rings is 1. The lowest BCUT2D eigenvalue weighted by atomic mass is 10.1. The first kappa shape index (κ1) is 13.6. The molecule has 0 saturated heterocycles. The zero-order valence-corrected chi connectivity index (χ0v) is 10.5. The summed E-state index contributed by atoms with van der Waals surface area (Å²) >= 11 is 0. The molecule has 1 unspecified atom stereocenters. The van der Waals surface area contributed by atoms with Crippen molar-refractivity contribution in [2.24, 2.45) is 0 Å². The highest BCUT2D eigenvalue weighted by atomic mass is 16.4. The van der Waals surface area contributed by atoms with E-state index in [9.17, 15) is 9.90 Å². The zero-order chi connectivity index (χ0) is 12.7. The summed E-state index contributed by atoms with van der Waals surface area (Å²) in [6.07, 6.45) is 3.28. The van der Waals surface area contributed by atoms with Gasteiger partial charge in [0.25, 0.3) is 0 Å². The highest BCUT2D eigenvalue weighted by Gasteiger charge is 2.23. The fraction of sp³-hybridized carbons (Fsp3) is 0.538. The molecule has 4 heteroatoms. The molecule has 94 valence electrons. The van der Waals surface area contributed by atoms with Crippen LogP contribution >= 0.6 is 0 Å². The van der Waals surface area contributed by atoms with E-state index < -0.39 is 12.0 Å². The Kier molecular flexibility index (Phi) is 5.63. The topological polar surface area (TPSA) is 53.4 Å². The molecule has 1 heterocycles. The maximum atomic E-state index is 11.2. The van der Waals surface area contributed by atoms with E-state index in [4.69, 9.17) is 0 Å². The van der Waals surface area contributed by atoms with Gasteiger partial charge in [0.1, 0.15) is 6.04 Å². The van der Waals surface area contributed by atoms with E-state index in [0.717, 1.165) is 12.1 Å². The van der Waals surface area contributed by atoms with Gasteiger partial charge in [0, 0.05) is 12.7 Å². The Morgan fingerprint density at radius 2 is 2.24 bits per heavy atom. The van der Waals surface area contributed by atoms with Gasteiger partial charge >= 0.3 is 5.97 Å². The molecule has 17 heavy (non-hydrogen) atoms. The average Bonchev–Trinajstić information content (AvgIpc) is 2.34. The van der Waals surface area contributed by atoms with Crippen molar-refractivity contribution in [3.05, 3.63) is 30.1 Å². The van der Waals surface area contributed by atoms with E-state index in [1.807, 2.05) is 36.9 Å². The molecule has 0 bridgehead atoms. The Morgan fingerprint density at radius 1 is 1.47 bits per heavy atom. The summed E-state index contributed by atoms with van der Waals surface area (Å²) in [5.74, 6) is -0.746. The van der Waals surface area contributed by atoms with E-state index >= 15 is 0 Å². The van der Waals surface area contributed by atoms with Gasteiger partial charge in [0.2, 0.25) is 0 Å². The minimum Gasteiger partial charge on any atom is -0.480 e. The normalized spacial score (nSPS) is 12.6. The van der Waals surface area contributed by atoms with Gasteiger partial charge in [-0.15, -0.1) is 0 Å². The van der Waals surface area contributed by atoms with Crippen molar-refractivity contribution in [2.45, 2.75) is 39.3 Å². The minimum atomic E-state index is -0.746. The molecule has 0 spiro atoms. The van der Waals surface area contributed by atoms with Crippen molar-refractivity contribution in [1.29, 1.82) is 0 Å².